The van der Waals surface area contributed by atoms with Gasteiger partial charge in [-0.15, -0.1) is 0 Å². The smallest absolute Gasteiger partial charge is 0.224 e. The Morgan fingerprint density at radius 3 is 2.56 bits per heavy atom. The number of amides is 1. The first-order valence-electron chi connectivity index (χ1n) is 12.4. The van der Waals surface area contributed by atoms with Crippen LogP contribution < -0.4 is 5.32 Å². The number of hydrogen-bond acceptors (Lipinski definition) is 2. The average molecular weight is 452 g/mol. The maximum Gasteiger partial charge on any atom is 0.224 e. The van der Waals surface area contributed by atoms with E-state index in [2.05, 4.69) is 66.9 Å². The molecule has 2 aliphatic rings. The molecule has 3 aromatic rings. The largest absolute Gasteiger partial charge is 0.386 e. The third-order valence-corrected chi connectivity index (χ3v) is 7.72. The summed E-state index contributed by atoms with van der Waals surface area (Å²) in [6.07, 6.45) is 12.7. The van der Waals surface area contributed by atoms with Gasteiger partial charge in [-0.3, -0.25) is 4.79 Å². The Bertz CT molecular complexity index is 1290. The Hall–Kier alpha value is -3.17. The summed E-state index contributed by atoms with van der Waals surface area (Å²) >= 11 is 0. The lowest BCUT2D eigenvalue weighted by Gasteiger charge is -2.42. The van der Waals surface area contributed by atoms with Gasteiger partial charge in [-0.1, -0.05) is 73.7 Å². The first-order valence-corrected chi connectivity index (χ1v) is 12.4. The Kier molecular flexibility index (Phi) is 5.69. The first-order chi connectivity index (χ1) is 16.3. The van der Waals surface area contributed by atoms with Gasteiger partial charge in [0.15, 0.2) is 0 Å². The Morgan fingerprint density at radius 1 is 1.03 bits per heavy atom. The molecule has 0 saturated carbocycles. The van der Waals surface area contributed by atoms with Crippen LogP contribution in [0.25, 0.3) is 22.9 Å². The predicted octanol–water partition coefficient (Wildman–Crippen LogP) is 7.41. The minimum absolute atomic E-state index is 0.0277. The molecular formula is C31H33NO2. The van der Waals surface area contributed by atoms with Crippen molar-refractivity contribution in [2.45, 2.75) is 58.0 Å². The SMILES string of the molecule is CCC1(CCCC(=O)Nc2ccc(C(C)(C)O)cc2)C=Cc2ccc3cccc4c3c2C1C=C4. The molecule has 2 unspecified atom stereocenters. The number of aliphatic hydroxyl groups is 1. The second-order valence-electron chi connectivity index (χ2n) is 10.3. The number of nitrogens with one attached hydrogen (secondary N) is 1. The van der Waals surface area contributed by atoms with E-state index in [0.717, 1.165) is 30.5 Å². The summed E-state index contributed by atoms with van der Waals surface area (Å²) < 4.78 is 0. The van der Waals surface area contributed by atoms with E-state index in [1.54, 1.807) is 13.8 Å². The van der Waals surface area contributed by atoms with E-state index in [-0.39, 0.29) is 11.3 Å². The van der Waals surface area contributed by atoms with Crippen LogP contribution in [0, 0.1) is 5.41 Å². The zero-order valence-electron chi connectivity index (χ0n) is 20.3. The third kappa shape index (κ3) is 3.99. The van der Waals surface area contributed by atoms with Gasteiger partial charge in [-0.25, -0.2) is 0 Å². The maximum atomic E-state index is 12.7. The number of rotatable bonds is 7. The number of hydrogen-bond donors (Lipinski definition) is 2. The minimum Gasteiger partial charge on any atom is -0.386 e. The molecule has 0 spiro atoms. The highest BCUT2D eigenvalue weighted by Crippen LogP contribution is 2.53. The van der Waals surface area contributed by atoms with Crippen LogP contribution in [0.5, 0.6) is 0 Å². The minimum atomic E-state index is -0.886. The van der Waals surface area contributed by atoms with Gasteiger partial charge in [-0.2, -0.15) is 0 Å². The van der Waals surface area contributed by atoms with Gasteiger partial charge in [0.1, 0.15) is 0 Å². The first kappa shape index (κ1) is 22.6. The van der Waals surface area contributed by atoms with Crippen LogP contribution in [0.3, 0.4) is 0 Å². The highest BCUT2D eigenvalue weighted by molar-refractivity contribution is 5.98. The quantitative estimate of drug-likeness (QED) is 0.393. The molecule has 0 aromatic heterocycles. The molecule has 3 nitrogen and oxygen atoms in total. The fourth-order valence-corrected chi connectivity index (χ4v) is 5.72. The van der Waals surface area contributed by atoms with E-state index in [0.29, 0.717) is 12.3 Å². The number of carbonyl (C=O) groups is 1. The number of anilines is 1. The van der Waals surface area contributed by atoms with Crippen molar-refractivity contribution in [2.75, 3.05) is 5.32 Å². The fraction of sp³-hybridized carbons (Fsp3) is 0.323. The van der Waals surface area contributed by atoms with E-state index in [9.17, 15) is 9.90 Å². The second-order valence-corrected chi connectivity index (χ2v) is 10.3. The molecule has 0 aliphatic heterocycles. The molecule has 0 bridgehead atoms. The van der Waals surface area contributed by atoms with Crippen LogP contribution >= 0.6 is 0 Å². The normalized spacial score (nSPS) is 20.5. The van der Waals surface area contributed by atoms with Crippen molar-refractivity contribution < 1.29 is 9.90 Å². The molecule has 1 amide bonds. The predicted molar refractivity (Wildman–Crippen MR) is 142 cm³/mol. The summed E-state index contributed by atoms with van der Waals surface area (Å²) in [4.78, 5) is 12.7. The zero-order chi connectivity index (χ0) is 23.9. The number of allylic oxidation sites excluding steroid dienone is 2. The van der Waals surface area contributed by atoms with Crippen LogP contribution in [0.4, 0.5) is 5.69 Å². The highest BCUT2D eigenvalue weighted by Gasteiger charge is 2.39. The van der Waals surface area contributed by atoms with Crippen molar-refractivity contribution in [1.82, 2.24) is 0 Å². The standard InChI is InChI=1S/C31H33NO2/c1-4-31(19-6-9-27(33)32-25-15-13-24(14-16-25)30(2,3)34)20-18-23-11-10-21-7-5-8-22-12-17-26(31)29(23)28(21)22/h5,7-8,10-18,20,26,34H,4,6,9,19H2,1-3H3,(H,32,33). The van der Waals surface area contributed by atoms with Gasteiger partial charge in [0, 0.05) is 18.0 Å². The van der Waals surface area contributed by atoms with Gasteiger partial charge >= 0.3 is 0 Å². The van der Waals surface area contributed by atoms with E-state index in [1.165, 1.54) is 27.5 Å². The van der Waals surface area contributed by atoms with Gasteiger partial charge in [0.2, 0.25) is 5.91 Å². The molecule has 0 saturated heterocycles. The van der Waals surface area contributed by atoms with Crippen molar-refractivity contribution in [3.05, 3.63) is 89.0 Å². The fourth-order valence-electron chi connectivity index (χ4n) is 5.72. The van der Waals surface area contributed by atoms with Gasteiger partial charge in [0.25, 0.3) is 0 Å². The molecule has 3 aromatic carbocycles. The molecule has 0 fully saturated rings. The van der Waals surface area contributed by atoms with Crippen LogP contribution in [0.1, 0.15) is 74.6 Å². The molecule has 0 radical (unpaired) electrons. The van der Waals surface area contributed by atoms with Crippen molar-refractivity contribution in [3.8, 4) is 0 Å². The maximum absolute atomic E-state index is 12.7. The van der Waals surface area contributed by atoms with Crippen LogP contribution in [0.15, 0.2) is 66.7 Å². The van der Waals surface area contributed by atoms with Crippen molar-refractivity contribution in [1.29, 1.82) is 0 Å². The summed E-state index contributed by atoms with van der Waals surface area (Å²) in [6.45, 7) is 5.79. The van der Waals surface area contributed by atoms with Gasteiger partial charge in [0.05, 0.1) is 5.60 Å². The van der Waals surface area contributed by atoms with Gasteiger partial charge in [-0.05, 0) is 83.7 Å². The van der Waals surface area contributed by atoms with Crippen molar-refractivity contribution in [3.63, 3.8) is 0 Å². The van der Waals surface area contributed by atoms with Crippen molar-refractivity contribution in [2.24, 2.45) is 5.41 Å². The van der Waals surface area contributed by atoms with Crippen LogP contribution in [0.2, 0.25) is 0 Å². The molecule has 3 heteroatoms. The summed E-state index contributed by atoms with van der Waals surface area (Å²) in [5, 5.41) is 15.8. The van der Waals surface area contributed by atoms with E-state index >= 15 is 0 Å². The average Bonchev–Trinajstić information content (AvgIpc) is 2.83. The zero-order valence-corrected chi connectivity index (χ0v) is 20.3. The Labute approximate surface area is 202 Å². The highest BCUT2D eigenvalue weighted by atomic mass is 16.3. The molecule has 2 aliphatic carbocycles. The number of carbonyl (C=O) groups excluding carboxylic acids is 1. The monoisotopic (exact) mass is 451 g/mol. The molecule has 174 valence electrons. The third-order valence-electron chi connectivity index (χ3n) is 7.72. The van der Waals surface area contributed by atoms with Crippen molar-refractivity contribution >= 4 is 34.5 Å². The van der Waals surface area contributed by atoms with Crippen LogP contribution in [-0.2, 0) is 10.4 Å². The summed E-state index contributed by atoms with van der Waals surface area (Å²) in [7, 11) is 0. The van der Waals surface area contributed by atoms with E-state index < -0.39 is 5.60 Å². The Morgan fingerprint density at radius 2 is 1.82 bits per heavy atom. The topological polar surface area (TPSA) is 49.3 Å². The molecule has 0 heterocycles. The van der Waals surface area contributed by atoms with E-state index in [1.807, 2.05) is 24.3 Å². The summed E-state index contributed by atoms with van der Waals surface area (Å²) in [5.74, 6) is 0.378. The molecule has 34 heavy (non-hydrogen) atoms. The molecular weight excluding hydrogens is 418 g/mol. The number of benzene rings is 3. The lowest BCUT2D eigenvalue weighted by molar-refractivity contribution is -0.116. The lowest BCUT2D eigenvalue weighted by atomic mass is 9.61. The summed E-state index contributed by atoms with van der Waals surface area (Å²) in [5.41, 5.74) is 4.82. The second kappa shape index (κ2) is 8.56. The molecule has 5 rings (SSSR count). The molecule has 2 N–H and O–H groups in total. The lowest BCUT2D eigenvalue weighted by Crippen LogP contribution is -2.29. The Balaban J connectivity index is 1.29. The van der Waals surface area contributed by atoms with E-state index in [4.69, 9.17) is 0 Å². The molecule has 2 atom stereocenters. The van der Waals surface area contributed by atoms with Crippen LogP contribution in [-0.4, -0.2) is 11.0 Å². The summed E-state index contributed by atoms with van der Waals surface area (Å²) in [6, 6.07) is 18.5. The van der Waals surface area contributed by atoms with Gasteiger partial charge < -0.3 is 10.4 Å².